The van der Waals surface area contributed by atoms with Crippen LogP contribution in [0.5, 0.6) is 11.5 Å². The molecule has 0 unspecified atom stereocenters. The molecular formula is C82H94N18O22S. The van der Waals surface area contributed by atoms with Crippen molar-refractivity contribution in [2.45, 2.75) is 120 Å². The number of thioether (sulfide) groups is 1. The molecule has 5 aromatic heterocycles. The van der Waals surface area contributed by atoms with E-state index in [2.05, 4.69) is 74.2 Å². The topological polar surface area (TPSA) is 526 Å². The van der Waals surface area contributed by atoms with Crippen molar-refractivity contribution in [3.05, 3.63) is 242 Å². The molecule has 11 atom stereocenters. The largest absolute Gasteiger partial charge is 0.508 e. The van der Waals surface area contributed by atoms with Gasteiger partial charge < -0.3 is 93.8 Å². The van der Waals surface area contributed by atoms with Crippen molar-refractivity contribution in [1.82, 2.24) is 58.7 Å². The highest BCUT2D eigenvalue weighted by Gasteiger charge is 2.37. The summed E-state index contributed by atoms with van der Waals surface area (Å²) in [5.41, 5.74) is 23.9. The third-order valence-electron chi connectivity index (χ3n) is 19.5. The number of carbonyl (C=O) groups is 4. The Hall–Kier alpha value is -13.1. The van der Waals surface area contributed by atoms with Gasteiger partial charge in [0.05, 0.1) is 50.9 Å². The number of anilines is 3. The molecule has 9 aliphatic rings. The summed E-state index contributed by atoms with van der Waals surface area (Å²) in [4.78, 5) is 136. The molecule has 0 spiro atoms. The number of H-pyrrole nitrogens is 2. The Morgan fingerprint density at radius 2 is 1.46 bits per heavy atom. The predicted molar refractivity (Wildman–Crippen MR) is 452 cm³/mol. The first-order chi connectivity index (χ1) is 59.2. The van der Waals surface area contributed by atoms with Gasteiger partial charge in [-0.05, 0) is 94.1 Å². The summed E-state index contributed by atoms with van der Waals surface area (Å²) < 4.78 is 65.1. The van der Waals surface area contributed by atoms with Gasteiger partial charge in [-0.15, -0.1) is 11.8 Å². The Kier molecular flexibility index (Phi) is 31.3. The predicted octanol–water partition coefficient (Wildman–Crippen LogP) is 6.37. The zero-order chi connectivity index (χ0) is 88.1. The first-order valence-corrected chi connectivity index (χ1v) is 39.6. The number of allylic oxidation sites excluding steroid dienone is 1. The summed E-state index contributed by atoms with van der Waals surface area (Å²) in [6, 6.07) is 19.8. The number of nitrogen functional groups attached to an aromatic ring is 2. The van der Waals surface area contributed by atoms with Gasteiger partial charge in [-0.2, -0.15) is 9.97 Å². The molecule has 11 heterocycles. The number of phenols is 1. The van der Waals surface area contributed by atoms with Crippen LogP contribution in [0.1, 0.15) is 75.4 Å². The number of carbonyl (C=O) groups excluding carboxylic acids is 4. The number of aromatic nitrogens is 9. The van der Waals surface area contributed by atoms with E-state index in [9.17, 15) is 53.1 Å². The summed E-state index contributed by atoms with van der Waals surface area (Å²) in [6.45, 7) is 12.2. The molecule has 41 heteroatoms. The van der Waals surface area contributed by atoms with E-state index in [0.717, 1.165) is 46.7 Å². The average molecular weight is 1720 g/mol. The molecule has 7 aromatic rings. The van der Waals surface area contributed by atoms with Crippen LogP contribution in [-0.2, 0) is 61.8 Å². The molecule has 40 nitrogen and oxygen atoms in total. The van der Waals surface area contributed by atoms with Gasteiger partial charge in [0.2, 0.25) is 11.9 Å². The highest BCUT2D eigenvalue weighted by molar-refractivity contribution is 8.00. The molecule has 650 valence electrons. The Bertz CT molecular complexity index is 5850. The summed E-state index contributed by atoms with van der Waals surface area (Å²) in [6.07, 6.45) is 20.6. The number of hydrogen-bond donors (Lipinski definition) is 8. The van der Waals surface area contributed by atoms with Crippen molar-refractivity contribution in [3.8, 4) is 33.9 Å². The molecule has 10 N–H and O–H groups in total. The van der Waals surface area contributed by atoms with Crippen LogP contribution in [0.2, 0.25) is 0 Å². The van der Waals surface area contributed by atoms with Crippen LogP contribution in [0, 0.1) is 19.8 Å². The van der Waals surface area contributed by atoms with E-state index < -0.39 is 59.8 Å². The number of fused-ring (bicyclic) bond motifs is 3. The fourth-order valence-electron chi connectivity index (χ4n) is 13.4. The lowest BCUT2D eigenvalue weighted by Gasteiger charge is -2.32. The van der Waals surface area contributed by atoms with Crippen molar-refractivity contribution in [3.63, 3.8) is 0 Å². The number of aromatic amines is 2. The molecule has 0 radical (unpaired) electrons. The van der Waals surface area contributed by atoms with E-state index in [-0.39, 0.29) is 83.6 Å². The second-order valence-electron chi connectivity index (χ2n) is 28.7. The first kappa shape index (κ1) is 90.7. The number of aromatic hydroxyl groups is 1. The molecule has 3 fully saturated rings. The SMILES string of the molecule is C=C1NC(=O)C(C)=CN1[C@H]1C=C[C@@H](COC(=O)CNC(C)=O)O1.COC[C@@H]1C=C[C@H](n2cc(C)c(=O)[nH]c2=O)O1.COC[C@@H]1C=C[C@H](n2cnc3c(NC4CC4)nc(N)nc32)C1.COC[C@@H]1O[C@H](n2ccc(N)cc2=O)CS1.COC[C@H]1O[C@@H](n2cc(C)c(=O)[nH]c2=O)C[C@@H]1N=[N+]=[N-].O=COc1ccccc1-c1c2ccc(=O)cc-2oc2cc(O)ccc12. The fraction of sp³-hybridized carbons (Fsp3) is 0.378. The van der Waals surface area contributed by atoms with Crippen molar-refractivity contribution in [2.24, 2.45) is 11.0 Å². The lowest BCUT2D eigenvalue weighted by atomic mass is 9.93. The van der Waals surface area contributed by atoms with Crippen molar-refractivity contribution < 1.29 is 76.1 Å². The molecule has 1 saturated carbocycles. The highest BCUT2D eigenvalue weighted by Crippen LogP contribution is 2.44. The molecule has 2 saturated heterocycles. The Labute approximate surface area is 705 Å². The second kappa shape index (κ2) is 42.4. The van der Waals surface area contributed by atoms with Gasteiger partial charge in [0.1, 0.15) is 71.9 Å². The number of nitrogens with two attached hydrogens (primary N) is 2. The van der Waals surface area contributed by atoms with Crippen LogP contribution in [-0.4, -0.2) is 193 Å². The van der Waals surface area contributed by atoms with E-state index in [4.69, 9.17) is 68.8 Å². The normalized spacial score (nSPS) is 21.5. The molecule has 2 aromatic carbocycles. The Morgan fingerprint density at radius 3 is 2.15 bits per heavy atom. The van der Waals surface area contributed by atoms with Crippen LogP contribution < -0.4 is 65.6 Å². The van der Waals surface area contributed by atoms with E-state index >= 15 is 0 Å². The minimum absolute atomic E-state index is 0.000506. The van der Waals surface area contributed by atoms with Crippen LogP contribution in [0.4, 0.5) is 17.5 Å². The van der Waals surface area contributed by atoms with Crippen LogP contribution >= 0.6 is 11.8 Å². The third kappa shape index (κ3) is 23.8. The lowest BCUT2D eigenvalue weighted by Crippen LogP contribution is -2.42. The van der Waals surface area contributed by atoms with Crippen molar-refractivity contribution in [1.29, 1.82) is 0 Å². The van der Waals surface area contributed by atoms with Gasteiger partial charge in [-0.3, -0.25) is 62.0 Å². The maximum Gasteiger partial charge on any atom is 0.330 e. The van der Waals surface area contributed by atoms with Gasteiger partial charge in [0, 0.05) is 152 Å². The van der Waals surface area contributed by atoms with Gasteiger partial charge in [-0.25, -0.2) is 14.6 Å². The zero-order valence-corrected chi connectivity index (χ0v) is 69.1. The number of nitrogens with one attached hydrogen (secondary N) is 5. The number of methoxy groups -OCH3 is 4. The molecular weight excluding hydrogens is 1620 g/mol. The number of esters is 1. The maximum absolute atomic E-state index is 11.8. The summed E-state index contributed by atoms with van der Waals surface area (Å²) in [5.74, 6) is 2.44. The number of rotatable bonds is 23. The summed E-state index contributed by atoms with van der Waals surface area (Å²) in [5, 5.41) is 22.5. The van der Waals surface area contributed by atoms with Crippen LogP contribution in [0.3, 0.4) is 0 Å². The number of aryl methyl sites for hydroxylation is 2. The molecule has 2 amide bonds. The number of hydrogen-bond acceptors (Lipinski definition) is 31. The highest BCUT2D eigenvalue weighted by atomic mass is 32.2. The van der Waals surface area contributed by atoms with Gasteiger partial charge in [0.25, 0.3) is 29.1 Å². The summed E-state index contributed by atoms with van der Waals surface area (Å²) in [7, 11) is 6.46. The monoisotopic (exact) mass is 1710 g/mol. The van der Waals surface area contributed by atoms with Gasteiger partial charge >= 0.3 is 17.3 Å². The van der Waals surface area contributed by atoms with Crippen LogP contribution in [0.25, 0.3) is 55.0 Å². The van der Waals surface area contributed by atoms with E-state index in [0.29, 0.717) is 94.5 Å². The number of azide groups is 1. The number of phenolic OH excluding ortho intramolecular Hbond substituents is 1. The Balaban J connectivity index is 0.000000145. The number of pyridine rings is 1. The molecule has 0 bridgehead atoms. The number of imidazole rings is 1. The smallest absolute Gasteiger partial charge is 0.330 e. The maximum atomic E-state index is 11.8. The standard InChI is InChI=1S/C20H12O5.C15H20N6O.C15H19N3O5.C11H15N5O4.C11H14N2O4.C10H14N2O3S/c21-11-24-17-4-2-1-3-14(17)20-15-7-5-12(22)9-18(15)25-19-10-13(23)6-8-16(19)20;1-22-7-9-2-5-11(6-9)21-8-17-12-13(18-10-3-4-10)19-15(16)20-14(12)21;1-9-7-18(10(2)17-15(9)21)13-5-4-12(23-13)8-22-14(20)6-16-11(3)19;1-6-4-16(11(18)13-10(6)17)9-3-7(14-15-12)8(20-9)5-19-2;1-7-5-13(11(15)12-10(7)14)9-4-3-8(17-9)6-16-2;1-14-5-10-15-9(6-16-10)12-3-2-7(11)4-8(12)13/h1-11,22H;2,5,8-11H,3-4,6-7H2,1H3,(H3,16,18,19,20);4-5,7,12-13H,2,6,8H2,1,3H3,(H,16,19)(H,17,21);4,7-9H,3,5H2,1-2H3,(H,13,17,18);3-5,8-9H,6H2,1-2H3,(H,12,14,15);2-4,9-10H,5-6,11H2,1H3/t;9-,11+;12-,13+;7-,8+,9+;8-,9+;9-,10+/m.10000/s1. The number of amides is 2. The number of benzene rings is 3. The number of para-hydroxylation sites is 1. The van der Waals surface area contributed by atoms with Crippen LogP contribution in [0.15, 0.2) is 197 Å². The molecule has 123 heavy (non-hydrogen) atoms. The minimum atomic E-state index is -0.589. The third-order valence-corrected chi connectivity index (χ3v) is 20.6. The van der Waals surface area contributed by atoms with Crippen molar-refractivity contribution in [2.75, 3.05) is 90.6 Å². The first-order valence-electron chi connectivity index (χ1n) is 38.6. The van der Waals surface area contributed by atoms with E-state index in [1.54, 1.807) is 130 Å². The lowest BCUT2D eigenvalue weighted by molar-refractivity contribution is -0.148. The zero-order valence-electron chi connectivity index (χ0n) is 68.3. The van der Waals surface area contributed by atoms with Gasteiger partial charge in [-0.1, -0.05) is 54.2 Å². The quantitative estimate of drug-likeness (QED) is 0.00655. The Morgan fingerprint density at radius 1 is 0.756 bits per heavy atom. The average Bonchev–Trinajstić information content (AvgIpc) is 1.43. The number of nitrogens with zero attached hydrogens (tertiary/aromatic N) is 11. The molecule has 3 aliphatic carbocycles. The van der Waals surface area contributed by atoms with E-state index in [1.807, 2.05) is 24.5 Å². The molecule has 16 rings (SSSR count). The number of ether oxygens (including phenoxy) is 10. The van der Waals surface area contributed by atoms with E-state index in [1.165, 1.54) is 72.7 Å². The van der Waals surface area contributed by atoms with Crippen molar-refractivity contribution >= 4 is 75.6 Å². The summed E-state index contributed by atoms with van der Waals surface area (Å²) >= 11 is 1.64. The fourth-order valence-corrected chi connectivity index (χ4v) is 14.5. The second-order valence-corrected chi connectivity index (χ2v) is 29.9. The minimum Gasteiger partial charge on any atom is -0.508 e. The molecule has 6 aliphatic heterocycles. The van der Waals surface area contributed by atoms with Gasteiger partial charge in [0.15, 0.2) is 34.9 Å².